The van der Waals surface area contributed by atoms with Crippen molar-refractivity contribution < 1.29 is 84.3 Å². The normalized spacial score (nSPS) is 18.5. The molecule has 5 fully saturated rings. The van der Waals surface area contributed by atoms with Crippen molar-refractivity contribution in [2.24, 2.45) is 11.3 Å². The lowest BCUT2D eigenvalue weighted by Crippen LogP contribution is -2.60. The number of aliphatic carboxylic acids is 1. The van der Waals surface area contributed by atoms with E-state index in [1.807, 2.05) is 75.9 Å². The van der Waals surface area contributed by atoms with Crippen molar-refractivity contribution >= 4 is 70.0 Å². The zero-order valence-corrected chi connectivity index (χ0v) is 72.0. The number of amides is 4. The second-order valence-corrected chi connectivity index (χ2v) is 34.5. The van der Waals surface area contributed by atoms with Gasteiger partial charge in [-0.25, -0.2) is 15.0 Å². The zero-order chi connectivity index (χ0) is 88.9. The molecule has 6 N–H and O–H groups in total. The Morgan fingerprint density at radius 1 is 0.640 bits per heavy atom. The lowest BCUT2D eigenvalue weighted by molar-refractivity contribution is -0.142. The van der Waals surface area contributed by atoms with Gasteiger partial charge in [0.2, 0.25) is 23.6 Å². The molecule has 3 aromatic carbocycles. The van der Waals surface area contributed by atoms with Crippen LogP contribution in [0.3, 0.4) is 0 Å². The summed E-state index contributed by atoms with van der Waals surface area (Å²) in [6.45, 7) is 22.4. The minimum absolute atomic E-state index is 0.0318. The number of nitrogens with one attached hydrogen (secondary N) is 4. The zero-order valence-electron chi connectivity index (χ0n) is 71.1. The summed E-state index contributed by atoms with van der Waals surface area (Å²) in [5.41, 5.74) is 6.90. The highest BCUT2D eigenvalue weighted by Crippen LogP contribution is 2.40. The monoisotopic (exact) mass is 1750 g/mol. The summed E-state index contributed by atoms with van der Waals surface area (Å²) >= 11 is 1.55. The molecule has 2 unspecified atom stereocenters. The number of carbonyl (C=O) groups excluding carboxylic acids is 5. The number of hydrogen-bond acceptors (Lipinski definition) is 24. The molecule has 10 heterocycles. The number of thiazole rings is 1. The molecule has 5 aliphatic heterocycles. The van der Waals surface area contributed by atoms with Crippen LogP contribution in [0.2, 0.25) is 0 Å². The number of pyridine rings is 4. The number of β-amino-alcohol motifs (C(OH)–C–C–N with tert-alkyl or cyclic N) is 1. The van der Waals surface area contributed by atoms with E-state index in [2.05, 4.69) is 62.7 Å². The third-order valence-corrected chi connectivity index (χ3v) is 24.7. The number of halogens is 6. The van der Waals surface area contributed by atoms with E-state index < -0.39 is 82.9 Å². The number of carbonyl (C=O) groups is 6. The lowest BCUT2D eigenvalue weighted by Gasteiger charge is -2.42. The van der Waals surface area contributed by atoms with E-state index in [4.69, 9.17) is 33.9 Å². The summed E-state index contributed by atoms with van der Waals surface area (Å²) in [5, 5.41) is 32.6. The minimum atomic E-state index is -4.70. The van der Waals surface area contributed by atoms with Crippen LogP contribution in [0.4, 0.5) is 49.1 Å². The van der Waals surface area contributed by atoms with E-state index in [1.54, 1.807) is 48.3 Å². The topological polar surface area (TPSA) is 315 Å². The third-order valence-electron chi connectivity index (χ3n) is 23.7. The molecule has 5 aromatic heterocycles. The molecule has 0 bridgehead atoms. The molecule has 28 nitrogen and oxygen atoms in total. The van der Waals surface area contributed by atoms with Crippen molar-refractivity contribution in [1.29, 1.82) is 0 Å². The van der Waals surface area contributed by atoms with E-state index in [0.29, 0.717) is 188 Å². The SMILES string of the molecule is Cc1ncc(NC(=O)c2cccc(C(F)(F)F)c2)cc1-c1cnc(OCC(C[C@@H](C)CCc2ncc(NC(=O)c3cccc(C(F)(F)F)c3)cc2-c2cnc(OCCN3CCN(CC(=O)O)CC3)c(N3CCOCC3)c2)N2CCN(C(C=O)CN[C@@H](C(=O)N3C[C@H](O)C[C@H]3C(=O)N[C@@H](C)c3ccc(-c4scnc4C)cc3)C(C)(C)C)CC2)c(N2CCOCC2)c1. The van der Waals surface area contributed by atoms with Crippen molar-refractivity contribution in [2.75, 3.05) is 165 Å². The molecule has 7 atom stereocenters. The summed E-state index contributed by atoms with van der Waals surface area (Å²) in [4.78, 5) is 121. The number of aliphatic hydroxyl groups excluding tert-OH is 1. The third kappa shape index (κ3) is 23.9. The molecule has 8 aromatic rings. The number of piperazine rings is 2. The molecule has 35 heteroatoms. The number of benzene rings is 3. The van der Waals surface area contributed by atoms with E-state index in [0.717, 1.165) is 52.2 Å². The van der Waals surface area contributed by atoms with Crippen molar-refractivity contribution in [1.82, 2.24) is 60.1 Å². The van der Waals surface area contributed by atoms with Crippen molar-refractivity contribution in [3.05, 3.63) is 172 Å². The summed E-state index contributed by atoms with van der Waals surface area (Å²) in [7, 11) is 0. The quantitative estimate of drug-likeness (QED) is 0.0164. The van der Waals surface area contributed by atoms with Crippen molar-refractivity contribution in [3.8, 4) is 44.5 Å². The van der Waals surface area contributed by atoms with Gasteiger partial charge in [-0.05, 0) is 123 Å². The summed E-state index contributed by atoms with van der Waals surface area (Å²) in [5.74, 6) is -2.58. The number of ether oxygens (including phenoxy) is 4. The number of rotatable bonds is 33. The number of nitrogens with zero attached hydrogens (tertiary/aromatic N) is 12. The van der Waals surface area contributed by atoms with Crippen LogP contribution >= 0.6 is 11.3 Å². The first-order valence-electron chi connectivity index (χ1n) is 42.3. The van der Waals surface area contributed by atoms with E-state index in [-0.39, 0.29) is 79.6 Å². The number of aliphatic hydroxyl groups is 1. The number of aldehydes is 1. The Bertz CT molecular complexity index is 5070. The number of morpholine rings is 2. The van der Waals surface area contributed by atoms with Crippen LogP contribution in [0, 0.1) is 25.2 Å². The highest BCUT2D eigenvalue weighted by molar-refractivity contribution is 7.13. The molecule has 5 saturated heterocycles. The van der Waals surface area contributed by atoms with Gasteiger partial charge in [0, 0.05) is 168 Å². The molecule has 0 saturated carbocycles. The van der Waals surface area contributed by atoms with Gasteiger partial charge in [-0.3, -0.25) is 53.5 Å². The highest BCUT2D eigenvalue weighted by Gasteiger charge is 2.45. The molecule has 668 valence electrons. The van der Waals surface area contributed by atoms with E-state index >= 15 is 0 Å². The summed E-state index contributed by atoms with van der Waals surface area (Å²) in [6, 6.07) is 20.3. The fourth-order valence-corrected chi connectivity index (χ4v) is 17.4. The Morgan fingerprint density at radius 3 is 1.76 bits per heavy atom. The van der Waals surface area contributed by atoms with Crippen LogP contribution in [-0.2, 0) is 47.4 Å². The summed E-state index contributed by atoms with van der Waals surface area (Å²) in [6.07, 6.45) is -1.67. The minimum Gasteiger partial charge on any atom is -0.480 e. The van der Waals surface area contributed by atoms with Gasteiger partial charge in [-0.15, -0.1) is 11.3 Å². The Kier molecular flexibility index (Phi) is 30.3. The Labute approximate surface area is 726 Å². The van der Waals surface area contributed by atoms with Crippen LogP contribution in [0.5, 0.6) is 11.8 Å². The first kappa shape index (κ1) is 92.0. The van der Waals surface area contributed by atoms with Gasteiger partial charge in [0.25, 0.3) is 11.8 Å². The number of aromatic nitrogens is 5. The number of carboxylic acid groups (broad SMARTS) is 1. The van der Waals surface area contributed by atoms with Gasteiger partial charge < -0.3 is 69.9 Å². The van der Waals surface area contributed by atoms with Crippen molar-refractivity contribution in [2.45, 2.75) is 123 Å². The molecular weight excluding hydrogens is 1640 g/mol. The molecule has 0 aliphatic carbocycles. The second-order valence-electron chi connectivity index (χ2n) is 33.6. The Morgan fingerprint density at radius 2 is 1.20 bits per heavy atom. The molecule has 0 radical (unpaired) electrons. The smallest absolute Gasteiger partial charge is 0.416 e. The predicted octanol–water partition coefficient (Wildman–Crippen LogP) is 11.1. The number of anilines is 4. The van der Waals surface area contributed by atoms with Crippen LogP contribution in [0.15, 0.2) is 127 Å². The maximum Gasteiger partial charge on any atom is 0.416 e. The molecule has 0 spiro atoms. The maximum absolute atomic E-state index is 15.0. The van der Waals surface area contributed by atoms with Gasteiger partial charge in [0.1, 0.15) is 36.9 Å². The summed E-state index contributed by atoms with van der Waals surface area (Å²) < 4.78 is 108. The molecule has 5 aliphatic rings. The number of alkyl halides is 6. The fourth-order valence-electron chi connectivity index (χ4n) is 16.6. The van der Waals surface area contributed by atoms with Gasteiger partial charge in [-0.1, -0.05) is 64.1 Å². The van der Waals surface area contributed by atoms with E-state index in [1.165, 1.54) is 41.6 Å². The average molecular weight is 1750 g/mol. The first-order valence-corrected chi connectivity index (χ1v) is 43.2. The molecule has 13 rings (SSSR count). The maximum atomic E-state index is 15.0. The van der Waals surface area contributed by atoms with Gasteiger partial charge in [0.05, 0.1) is 108 Å². The van der Waals surface area contributed by atoms with Crippen LogP contribution in [-0.4, -0.2) is 270 Å². The number of likely N-dealkylation sites (tertiary alicyclic amines) is 1. The molecule has 125 heavy (non-hydrogen) atoms. The number of hydrogen-bond donors (Lipinski definition) is 6. The molecular formula is C90H108F6N16O12S. The highest BCUT2D eigenvalue weighted by atomic mass is 32.1. The van der Waals surface area contributed by atoms with Crippen molar-refractivity contribution in [3.63, 3.8) is 0 Å². The van der Waals surface area contributed by atoms with Crippen LogP contribution in [0.1, 0.15) is 114 Å². The first-order chi connectivity index (χ1) is 59.8. The number of carboxylic acids is 1. The standard InChI is InChI=1S/C90H108F6N16O12S/c1-56(14-19-75-74(44-69(49-98-75)105-83(118)63-11-9-13-67(40-63)90(94,95)96)65-42-77(110-29-33-121-34-30-110)85(100-47-65)123-37-28-106-20-22-107(23-21-106)52-79(115)116)38-70(54-124-86-78(111-31-35-122-36-32-111)41-64(46-101-86)73-43-68(48-97-58(73)3)104-82(117)62-10-8-12-66(39-62)89(91,92)93)108-24-26-109(27-25-108)71(53-113)50-99-81(88(5,6)7)87(120)112-51-72(114)45-76(112)84(119)103-57(2)60-15-17-61(18-16-60)80-59(4)102-55-125-80/h8-13,15-18,39-44,46-49,53,55-57,70-72,76,81,99,114H,14,19-38,45,50-52,54H2,1-7H3,(H,103,119)(H,104,117)(H,105,118)(H,115,116)/t56-,57-,70?,71?,72+,76-,81-/m0/s1. The number of aryl methyl sites for hydroxylation is 3. The fraction of sp³-hybridized carbons (Fsp3) is 0.478. The average Bonchev–Trinajstić information content (AvgIpc) is 1.41. The van der Waals surface area contributed by atoms with Gasteiger partial charge in [0.15, 0.2) is 0 Å². The van der Waals surface area contributed by atoms with Gasteiger partial charge in [-0.2, -0.15) is 26.3 Å². The largest absolute Gasteiger partial charge is 0.480 e. The van der Waals surface area contributed by atoms with Gasteiger partial charge >= 0.3 is 18.3 Å². The Balaban J connectivity index is 0.755. The molecule has 4 amide bonds. The predicted molar refractivity (Wildman–Crippen MR) is 461 cm³/mol. The lowest BCUT2D eigenvalue weighted by atomic mass is 9.85. The van der Waals surface area contributed by atoms with E-state index in [9.17, 15) is 65.3 Å². The van der Waals surface area contributed by atoms with Crippen LogP contribution in [0.25, 0.3) is 32.7 Å². The second kappa shape index (κ2) is 41.2. The Hall–Kier alpha value is -10.6. The van der Waals surface area contributed by atoms with Crippen LogP contribution < -0.4 is 40.5 Å².